The molecule has 0 aliphatic carbocycles. The van der Waals surface area contributed by atoms with Gasteiger partial charge in [0, 0.05) is 20.3 Å². The highest BCUT2D eigenvalue weighted by Gasteiger charge is 2.04. The summed E-state index contributed by atoms with van der Waals surface area (Å²) in [4.78, 5) is 11.4. The Labute approximate surface area is 93.4 Å². The minimum absolute atomic E-state index is 0.111. The molecule has 90 valence electrons. The van der Waals surface area contributed by atoms with Crippen LogP contribution in [0.3, 0.4) is 0 Å². The summed E-state index contributed by atoms with van der Waals surface area (Å²) in [7, 11) is 1.62. The number of carbonyl (C=O) groups is 1. The van der Waals surface area contributed by atoms with Crippen LogP contribution in [0.25, 0.3) is 0 Å². The van der Waals surface area contributed by atoms with Crippen LogP contribution in [0.4, 0.5) is 0 Å². The maximum atomic E-state index is 11.4. The van der Waals surface area contributed by atoms with Crippen molar-refractivity contribution < 1.29 is 14.6 Å². The Morgan fingerprint density at radius 3 is 3.12 bits per heavy atom. The van der Waals surface area contributed by atoms with Crippen LogP contribution >= 0.6 is 0 Å². The topological polar surface area (TPSA) is 89.3 Å². The normalized spacial score (nSPS) is 10.4. The van der Waals surface area contributed by atoms with Gasteiger partial charge >= 0.3 is 0 Å². The van der Waals surface area contributed by atoms with Crippen LogP contribution < -0.4 is 5.32 Å². The average molecular weight is 228 g/mol. The molecule has 0 radical (unpaired) electrons. The first-order valence-corrected chi connectivity index (χ1v) is 5.01. The van der Waals surface area contributed by atoms with Crippen molar-refractivity contribution in [1.29, 1.82) is 0 Å². The van der Waals surface area contributed by atoms with Crippen molar-refractivity contribution in [1.82, 2.24) is 20.3 Å². The third-order valence-electron chi connectivity index (χ3n) is 1.90. The lowest BCUT2D eigenvalue weighted by Gasteiger charge is -2.03. The highest BCUT2D eigenvalue weighted by atomic mass is 16.5. The summed E-state index contributed by atoms with van der Waals surface area (Å²) in [5.74, 6) is -0.134. The first-order valence-electron chi connectivity index (χ1n) is 5.01. The van der Waals surface area contributed by atoms with Crippen LogP contribution in [0.5, 0.6) is 0 Å². The summed E-state index contributed by atoms with van der Waals surface area (Å²) in [5.41, 5.74) is 0.451. The lowest BCUT2D eigenvalue weighted by molar-refractivity contribution is -0.121. The summed E-state index contributed by atoms with van der Waals surface area (Å²) in [6, 6.07) is 0. The molecule has 0 aromatic carbocycles. The first kappa shape index (κ1) is 12.6. The van der Waals surface area contributed by atoms with Crippen LogP contribution in [-0.4, -0.2) is 46.3 Å². The van der Waals surface area contributed by atoms with E-state index in [9.17, 15) is 4.79 Å². The molecule has 1 rings (SSSR count). The van der Waals surface area contributed by atoms with Crippen molar-refractivity contribution in [2.75, 3.05) is 20.3 Å². The Hall–Kier alpha value is -1.47. The molecule has 1 heterocycles. The molecule has 7 nitrogen and oxygen atoms in total. The van der Waals surface area contributed by atoms with Crippen molar-refractivity contribution in [3.05, 3.63) is 11.9 Å². The fourth-order valence-electron chi connectivity index (χ4n) is 1.14. The smallest absolute Gasteiger partial charge is 0.241 e. The fourth-order valence-corrected chi connectivity index (χ4v) is 1.14. The number of nitrogens with one attached hydrogen (secondary N) is 1. The van der Waals surface area contributed by atoms with Crippen molar-refractivity contribution >= 4 is 5.91 Å². The predicted octanol–water partition coefficient (Wildman–Crippen LogP) is -1.08. The molecule has 0 fully saturated rings. The van der Waals surface area contributed by atoms with Gasteiger partial charge in [-0.2, -0.15) is 0 Å². The molecule has 1 aromatic rings. The van der Waals surface area contributed by atoms with Crippen LogP contribution in [0.2, 0.25) is 0 Å². The van der Waals surface area contributed by atoms with Crippen molar-refractivity contribution in [2.45, 2.75) is 19.6 Å². The third-order valence-corrected chi connectivity index (χ3v) is 1.90. The molecule has 0 aliphatic heterocycles. The summed E-state index contributed by atoms with van der Waals surface area (Å²) in [6.07, 6.45) is 2.32. The molecular weight excluding hydrogens is 212 g/mol. The molecule has 7 heteroatoms. The maximum absolute atomic E-state index is 11.4. The Kier molecular flexibility index (Phi) is 5.44. The zero-order valence-corrected chi connectivity index (χ0v) is 9.22. The van der Waals surface area contributed by atoms with E-state index in [-0.39, 0.29) is 19.1 Å². The van der Waals surface area contributed by atoms with Gasteiger partial charge in [-0.25, -0.2) is 4.68 Å². The van der Waals surface area contributed by atoms with Gasteiger partial charge in [0.15, 0.2) is 0 Å². The summed E-state index contributed by atoms with van der Waals surface area (Å²) < 4.78 is 6.24. The lowest BCUT2D eigenvalue weighted by Crippen LogP contribution is -2.29. The van der Waals surface area contributed by atoms with Crippen LogP contribution in [0.1, 0.15) is 12.1 Å². The van der Waals surface area contributed by atoms with Gasteiger partial charge in [0.05, 0.1) is 12.8 Å². The van der Waals surface area contributed by atoms with Crippen LogP contribution in [0, 0.1) is 0 Å². The third kappa shape index (κ3) is 4.37. The molecule has 0 bridgehead atoms. The second-order valence-corrected chi connectivity index (χ2v) is 3.26. The van der Waals surface area contributed by atoms with Crippen molar-refractivity contribution in [2.24, 2.45) is 0 Å². The molecule has 0 aliphatic rings. The zero-order chi connectivity index (χ0) is 11.8. The molecule has 0 spiro atoms. The van der Waals surface area contributed by atoms with E-state index >= 15 is 0 Å². The molecule has 0 saturated heterocycles. The van der Waals surface area contributed by atoms with Gasteiger partial charge in [0.25, 0.3) is 0 Å². The van der Waals surface area contributed by atoms with Gasteiger partial charge < -0.3 is 15.2 Å². The van der Waals surface area contributed by atoms with E-state index in [0.717, 1.165) is 6.42 Å². The van der Waals surface area contributed by atoms with E-state index in [1.165, 1.54) is 10.9 Å². The van der Waals surface area contributed by atoms with E-state index in [1.54, 1.807) is 7.11 Å². The number of aliphatic hydroxyl groups excluding tert-OH is 1. The van der Waals surface area contributed by atoms with Gasteiger partial charge in [-0.05, 0) is 6.42 Å². The highest BCUT2D eigenvalue weighted by Crippen LogP contribution is 1.91. The number of hydrogen-bond acceptors (Lipinski definition) is 5. The van der Waals surface area contributed by atoms with E-state index in [1.807, 2.05) is 0 Å². The number of aliphatic hydroxyl groups is 1. The predicted molar refractivity (Wildman–Crippen MR) is 55.4 cm³/mol. The number of hydrogen-bond donors (Lipinski definition) is 2. The Balaban J connectivity index is 2.23. The molecule has 16 heavy (non-hydrogen) atoms. The highest BCUT2D eigenvalue weighted by molar-refractivity contribution is 5.75. The Bertz CT molecular complexity index is 326. The number of amides is 1. The molecule has 1 aromatic heterocycles. The monoisotopic (exact) mass is 228 g/mol. The number of rotatable bonds is 7. The summed E-state index contributed by atoms with van der Waals surface area (Å²) in [6.45, 7) is 1.14. The van der Waals surface area contributed by atoms with Gasteiger partial charge in [0.1, 0.15) is 12.2 Å². The van der Waals surface area contributed by atoms with E-state index in [2.05, 4.69) is 15.6 Å². The largest absolute Gasteiger partial charge is 0.390 e. The van der Waals surface area contributed by atoms with Gasteiger partial charge in [-0.3, -0.25) is 4.79 Å². The minimum Gasteiger partial charge on any atom is -0.390 e. The Morgan fingerprint density at radius 1 is 1.69 bits per heavy atom. The summed E-state index contributed by atoms with van der Waals surface area (Å²) in [5, 5.41) is 18.8. The standard InChI is InChI=1S/C9H16N4O3/c1-16-4-2-3-10-9(15)6-13-5-8(7-14)11-12-13/h5,14H,2-4,6-7H2,1H3,(H,10,15). The maximum Gasteiger partial charge on any atom is 0.241 e. The number of aromatic nitrogens is 3. The number of nitrogens with zero attached hydrogens (tertiary/aromatic N) is 3. The van der Waals surface area contributed by atoms with Crippen molar-refractivity contribution in [3.63, 3.8) is 0 Å². The fraction of sp³-hybridized carbons (Fsp3) is 0.667. The number of methoxy groups -OCH3 is 1. The molecule has 1 amide bonds. The molecular formula is C9H16N4O3. The molecule has 2 N–H and O–H groups in total. The molecule has 0 saturated carbocycles. The second-order valence-electron chi connectivity index (χ2n) is 3.26. The van der Waals surface area contributed by atoms with Crippen molar-refractivity contribution in [3.8, 4) is 0 Å². The van der Waals surface area contributed by atoms with E-state index in [4.69, 9.17) is 9.84 Å². The average Bonchev–Trinajstić information content (AvgIpc) is 2.72. The molecule has 0 atom stereocenters. The van der Waals surface area contributed by atoms with Gasteiger partial charge in [-0.1, -0.05) is 5.21 Å². The van der Waals surface area contributed by atoms with Gasteiger partial charge in [-0.15, -0.1) is 5.10 Å². The minimum atomic E-state index is -0.171. The Morgan fingerprint density at radius 2 is 2.50 bits per heavy atom. The van der Waals surface area contributed by atoms with E-state index < -0.39 is 0 Å². The molecule has 0 unspecified atom stereocenters. The lowest BCUT2D eigenvalue weighted by atomic mass is 10.4. The van der Waals surface area contributed by atoms with Crippen LogP contribution in [-0.2, 0) is 22.7 Å². The van der Waals surface area contributed by atoms with E-state index in [0.29, 0.717) is 18.8 Å². The quantitative estimate of drug-likeness (QED) is 0.580. The van der Waals surface area contributed by atoms with Gasteiger partial charge in [0.2, 0.25) is 5.91 Å². The number of ether oxygens (including phenoxy) is 1. The zero-order valence-electron chi connectivity index (χ0n) is 9.22. The number of carbonyl (C=O) groups excluding carboxylic acids is 1. The van der Waals surface area contributed by atoms with Crippen LogP contribution in [0.15, 0.2) is 6.20 Å². The second kappa shape index (κ2) is 6.91. The SMILES string of the molecule is COCCCNC(=O)Cn1cc(CO)nn1. The first-order chi connectivity index (χ1) is 7.76. The summed E-state index contributed by atoms with van der Waals surface area (Å²) >= 11 is 0.